The van der Waals surface area contributed by atoms with E-state index < -0.39 is 53.2 Å². The fraction of sp³-hybridized carbons (Fsp3) is 0.810. The number of nitrogens with zero attached hydrogens (tertiary/aromatic N) is 1. The molecule has 0 aromatic rings. The van der Waals surface area contributed by atoms with Gasteiger partial charge in [0, 0.05) is 19.0 Å². The maximum atomic E-state index is 14.5. The van der Waals surface area contributed by atoms with E-state index in [0.717, 1.165) is 12.8 Å². The van der Waals surface area contributed by atoms with E-state index >= 15 is 0 Å². The lowest BCUT2D eigenvalue weighted by Crippen LogP contribution is -2.59. The van der Waals surface area contributed by atoms with Crippen molar-refractivity contribution in [1.82, 2.24) is 15.5 Å². The third kappa shape index (κ3) is 6.82. The number of rotatable bonds is 11. The van der Waals surface area contributed by atoms with Gasteiger partial charge in [-0.2, -0.15) is 0 Å². The highest BCUT2D eigenvalue weighted by molar-refractivity contribution is 6.73. The molecule has 3 fully saturated rings. The molecule has 3 aliphatic rings. The summed E-state index contributed by atoms with van der Waals surface area (Å²) >= 11 is 0. The first kappa shape index (κ1) is 33.9. The van der Waals surface area contributed by atoms with Gasteiger partial charge in [-0.05, 0) is 42.7 Å². The van der Waals surface area contributed by atoms with Crippen molar-refractivity contribution in [2.45, 2.75) is 71.3 Å². The van der Waals surface area contributed by atoms with E-state index in [2.05, 4.69) is 70.3 Å². The average molecular weight is 568 g/mol. The van der Waals surface area contributed by atoms with Crippen LogP contribution in [0, 0.1) is 11.3 Å². The summed E-state index contributed by atoms with van der Waals surface area (Å²) in [5, 5.41) is 3.32. The van der Waals surface area contributed by atoms with Crippen molar-refractivity contribution in [3.63, 3.8) is 0 Å². The number of Topliss-reactive ketones (excluding diaryl/α,β-unsaturated/α-hetero) is 1. The highest BCUT2D eigenvalue weighted by Crippen LogP contribution is 2.68. The molecular formula is C21H39B9F3N3O5. The lowest BCUT2D eigenvalue weighted by molar-refractivity contribution is -0.321. The van der Waals surface area contributed by atoms with Crippen molar-refractivity contribution in [2.75, 3.05) is 19.7 Å². The molecule has 0 radical (unpaired) electrons. The molecule has 41 heavy (non-hydrogen) atoms. The second-order valence-electron chi connectivity index (χ2n) is 15.2. The third-order valence-electron chi connectivity index (χ3n) is 10.6. The molecule has 1 spiro atoms. The number of hydrogen-bond acceptors (Lipinski definition) is 5. The zero-order chi connectivity index (χ0) is 31.4. The summed E-state index contributed by atoms with van der Waals surface area (Å²) in [5.41, 5.74) is -0.169. The molecule has 8 nitrogen and oxygen atoms in total. The van der Waals surface area contributed by atoms with Gasteiger partial charge in [0.25, 0.3) is 0 Å². The lowest BCUT2D eigenvalue weighted by Gasteiger charge is -2.62. The number of amides is 3. The fourth-order valence-electron chi connectivity index (χ4n) is 7.56. The van der Waals surface area contributed by atoms with Crippen LogP contribution in [0.4, 0.5) is 13.2 Å². The summed E-state index contributed by atoms with van der Waals surface area (Å²) in [5.74, 6) is -2.65. The van der Waals surface area contributed by atoms with Crippen molar-refractivity contribution in [3.8, 4) is 0 Å². The Bertz CT molecular complexity index is 1070. The number of ether oxygens (including phenoxy) is 1. The Morgan fingerprint density at radius 2 is 1.59 bits per heavy atom. The van der Waals surface area contributed by atoms with E-state index in [1.807, 2.05) is 15.7 Å². The molecule has 2 heterocycles. The van der Waals surface area contributed by atoms with E-state index in [-0.39, 0.29) is 33.9 Å². The molecule has 0 unspecified atom stereocenters. The fourth-order valence-corrected chi connectivity index (χ4v) is 7.56. The van der Waals surface area contributed by atoms with Gasteiger partial charge >= 0.3 is 6.36 Å². The summed E-state index contributed by atoms with van der Waals surface area (Å²) < 4.78 is 41.8. The molecular weight excluding hydrogens is 529 g/mol. The van der Waals surface area contributed by atoms with Crippen LogP contribution >= 0.6 is 0 Å². The molecule has 3 atom stereocenters. The van der Waals surface area contributed by atoms with Crippen molar-refractivity contribution in [1.29, 1.82) is 0 Å². The molecule has 0 bridgehead atoms. The first-order valence-corrected chi connectivity index (χ1v) is 14.6. The Balaban J connectivity index is 1.90. The number of likely N-dealkylation sites (tertiary alicyclic amines) is 1. The number of ketones is 1. The molecule has 0 aromatic carbocycles. The normalized spacial score (nSPS) is 23.7. The Labute approximate surface area is 249 Å². The van der Waals surface area contributed by atoms with Crippen LogP contribution in [-0.4, -0.2) is 137 Å². The topological polar surface area (TPSA) is 105 Å². The molecule has 1 saturated carbocycles. The van der Waals surface area contributed by atoms with Crippen molar-refractivity contribution >= 4 is 94.1 Å². The highest BCUT2D eigenvalue weighted by atomic mass is 19.4. The second kappa shape index (κ2) is 11.2. The largest absolute Gasteiger partial charge is 0.522 e. The first-order chi connectivity index (χ1) is 18.5. The Morgan fingerprint density at radius 1 is 1.02 bits per heavy atom. The maximum absolute atomic E-state index is 14.5. The van der Waals surface area contributed by atoms with Crippen LogP contribution < -0.4 is 10.6 Å². The van der Waals surface area contributed by atoms with Crippen LogP contribution in [0.1, 0.15) is 32.1 Å². The van der Waals surface area contributed by atoms with Crippen LogP contribution in [-0.2, 0) is 23.9 Å². The quantitative estimate of drug-likeness (QED) is 0.242. The predicted octanol–water partition coefficient (Wildman–Crippen LogP) is -7.40. The van der Waals surface area contributed by atoms with Gasteiger partial charge in [0.05, 0.1) is 53.1 Å². The second-order valence-corrected chi connectivity index (χ2v) is 15.2. The van der Waals surface area contributed by atoms with Crippen LogP contribution in [0.3, 0.4) is 0 Å². The minimum atomic E-state index is -5.01. The molecule has 20 heteroatoms. The van der Waals surface area contributed by atoms with E-state index in [0.29, 0.717) is 25.9 Å². The Hall–Kier alpha value is -1.59. The monoisotopic (exact) mass is 569 g/mol. The smallest absolute Gasteiger partial charge is 0.356 e. The van der Waals surface area contributed by atoms with Gasteiger partial charge in [0.15, 0.2) is 5.78 Å². The first-order valence-electron chi connectivity index (χ1n) is 14.6. The lowest BCUT2D eigenvalue weighted by atomic mass is 9.08. The van der Waals surface area contributed by atoms with Crippen molar-refractivity contribution in [2.24, 2.45) is 11.3 Å². The van der Waals surface area contributed by atoms with Gasteiger partial charge in [-0.3, -0.25) is 23.9 Å². The van der Waals surface area contributed by atoms with Gasteiger partial charge in [-0.15, -0.1) is 23.4 Å². The van der Waals surface area contributed by atoms with Gasteiger partial charge in [0.1, 0.15) is 36.2 Å². The van der Waals surface area contributed by atoms with Gasteiger partial charge in [0.2, 0.25) is 17.7 Å². The molecule has 3 amide bonds. The van der Waals surface area contributed by atoms with Crippen LogP contribution in [0.5, 0.6) is 0 Å². The van der Waals surface area contributed by atoms with Gasteiger partial charge in [-0.25, -0.2) is 0 Å². The molecule has 2 N–H and O–H groups in total. The van der Waals surface area contributed by atoms with Crippen LogP contribution in [0.2, 0.25) is 20.8 Å². The minimum absolute atomic E-state index is 0.138. The molecule has 2 aliphatic heterocycles. The Kier molecular flexibility index (Phi) is 9.23. The number of hydrogen-bond donors (Lipinski definition) is 2. The predicted molar refractivity (Wildman–Crippen MR) is 174 cm³/mol. The zero-order valence-electron chi connectivity index (χ0n) is 26.0. The summed E-state index contributed by atoms with van der Waals surface area (Å²) in [4.78, 5) is 54.9. The number of halogens is 3. The number of carbonyl (C=O) groups is 4. The minimum Gasteiger partial charge on any atom is -0.356 e. The van der Waals surface area contributed by atoms with E-state index in [4.69, 9.17) is 0 Å². The highest BCUT2D eigenvalue weighted by Gasteiger charge is 2.62. The molecule has 216 valence electrons. The number of nitrogens with one attached hydrogen (secondary N) is 2. The maximum Gasteiger partial charge on any atom is 0.522 e. The Morgan fingerprint density at radius 3 is 2.02 bits per heavy atom. The van der Waals surface area contributed by atoms with Crippen molar-refractivity contribution < 1.29 is 37.1 Å². The molecule has 0 aromatic heterocycles. The van der Waals surface area contributed by atoms with Crippen LogP contribution in [0.25, 0.3) is 0 Å². The summed E-state index contributed by atoms with van der Waals surface area (Å²) in [7, 11) is 18.7. The summed E-state index contributed by atoms with van der Waals surface area (Å²) in [6.45, 7) is -0.471. The van der Waals surface area contributed by atoms with E-state index in [9.17, 15) is 32.3 Å². The van der Waals surface area contributed by atoms with Gasteiger partial charge in [-0.1, -0.05) is 5.31 Å². The van der Waals surface area contributed by atoms with E-state index in [1.54, 1.807) is 4.90 Å². The van der Waals surface area contributed by atoms with E-state index in [1.165, 1.54) is 0 Å². The third-order valence-corrected chi connectivity index (χ3v) is 10.6. The summed E-state index contributed by atoms with van der Waals surface area (Å²) in [6.07, 6.45) is -2.57. The number of alkyl halides is 3. The molecule has 2 saturated heterocycles. The van der Waals surface area contributed by atoms with Gasteiger partial charge < -0.3 is 15.5 Å². The average Bonchev–Trinajstić information content (AvgIpc) is 3.28. The van der Waals surface area contributed by atoms with Crippen molar-refractivity contribution in [3.05, 3.63) is 0 Å². The SMILES string of the molecule is BC(B)(B)C(B)(C(B)(B)B)C(B)(B)C(=O)N1CC2(CC2)C[C@H]1C(=O)N[C@@H](C[C@@H]1CCNC1=O)C(=O)COC(F)(F)F. The summed E-state index contributed by atoms with van der Waals surface area (Å²) in [6, 6.07) is -2.22. The standard InChI is InChI=1S/C21H39B9F3N3O5/c22-17(23,18(24,19(25,26)27)20(28,29)30)15(40)36-8-16(2-3-16)6-11(36)14(39)35-10(5-9-1-4-34-13(9)38)12(37)7-41-21(31,32)33/h9-11H,1-8,22-30H2,(H,34,38)(H,35,39)/t9-,10-,11-/m0/s1. The number of carbonyl (C=O) groups excluding carboxylic acids is 4. The molecule has 1 aliphatic carbocycles. The van der Waals surface area contributed by atoms with Crippen LogP contribution in [0.15, 0.2) is 0 Å². The molecule has 3 rings (SSSR count). The zero-order valence-corrected chi connectivity index (χ0v) is 26.0.